The van der Waals surface area contributed by atoms with E-state index in [9.17, 15) is 4.79 Å². The molecule has 0 spiro atoms. The Hall–Kier alpha value is -1.81. The van der Waals surface area contributed by atoms with Crippen LogP contribution in [0.2, 0.25) is 0 Å². The van der Waals surface area contributed by atoms with Gasteiger partial charge in [-0.25, -0.2) is 0 Å². The monoisotopic (exact) mass is 271 g/mol. The van der Waals surface area contributed by atoms with Crippen molar-refractivity contribution < 1.29 is 4.79 Å². The van der Waals surface area contributed by atoms with Crippen LogP contribution in [0.3, 0.4) is 0 Å². The van der Waals surface area contributed by atoms with Crippen molar-refractivity contribution in [2.24, 2.45) is 0 Å². The summed E-state index contributed by atoms with van der Waals surface area (Å²) in [6, 6.07) is 8.54. The number of likely N-dealkylation sites (N-methyl/N-ethyl adjacent to an activating group) is 1. The van der Waals surface area contributed by atoms with E-state index in [0.29, 0.717) is 6.54 Å². The molecule has 0 bridgehead atoms. The van der Waals surface area contributed by atoms with Crippen molar-refractivity contribution >= 4 is 16.8 Å². The number of rotatable bonds is 6. The first-order valence-corrected chi connectivity index (χ1v) is 7.38. The van der Waals surface area contributed by atoms with E-state index in [2.05, 4.69) is 22.1 Å². The number of hydrogen-bond donors (Lipinski definition) is 2. The van der Waals surface area contributed by atoms with E-state index in [1.54, 1.807) is 0 Å². The van der Waals surface area contributed by atoms with Crippen LogP contribution in [0.4, 0.5) is 0 Å². The first-order chi connectivity index (χ1) is 9.79. The van der Waals surface area contributed by atoms with Gasteiger partial charge in [-0.2, -0.15) is 0 Å². The molecule has 3 rings (SSSR count). The van der Waals surface area contributed by atoms with Crippen molar-refractivity contribution in [2.45, 2.75) is 25.8 Å². The van der Waals surface area contributed by atoms with Crippen LogP contribution < -0.4 is 5.32 Å². The van der Waals surface area contributed by atoms with Crippen LogP contribution >= 0.6 is 0 Å². The minimum absolute atomic E-state index is 0.00454. The highest BCUT2D eigenvalue weighted by Crippen LogP contribution is 2.25. The van der Waals surface area contributed by atoms with Gasteiger partial charge in [0.25, 0.3) is 5.91 Å². The summed E-state index contributed by atoms with van der Waals surface area (Å²) in [5, 5.41) is 4.10. The number of hydrogen-bond acceptors (Lipinski definition) is 2. The number of carbonyl (C=O) groups excluding carboxylic acids is 1. The summed E-state index contributed by atoms with van der Waals surface area (Å²) in [6.45, 7) is 4.89. The van der Waals surface area contributed by atoms with Gasteiger partial charge in [-0.1, -0.05) is 19.1 Å². The topological polar surface area (TPSA) is 48.1 Å². The molecule has 1 saturated carbocycles. The van der Waals surface area contributed by atoms with Crippen LogP contribution in [-0.2, 0) is 0 Å². The van der Waals surface area contributed by atoms with Crippen LogP contribution in [0.15, 0.2) is 30.5 Å². The molecule has 0 saturated heterocycles. The Bertz CT molecular complexity index is 601. The molecule has 20 heavy (non-hydrogen) atoms. The Kier molecular flexibility index (Phi) is 3.74. The maximum Gasteiger partial charge on any atom is 0.253 e. The van der Waals surface area contributed by atoms with Gasteiger partial charge in [-0.15, -0.1) is 0 Å². The lowest BCUT2D eigenvalue weighted by Crippen LogP contribution is -2.36. The molecule has 1 heterocycles. The Balaban J connectivity index is 1.60. The van der Waals surface area contributed by atoms with Crippen LogP contribution in [-0.4, -0.2) is 41.5 Å². The number of nitrogens with one attached hydrogen (secondary N) is 2. The minimum atomic E-state index is 0.00454. The second kappa shape index (κ2) is 5.67. The van der Waals surface area contributed by atoms with Crippen molar-refractivity contribution in [3.63, 3.8) is 0 Å². The molecule has 1 amide bonds. The number of H-pyrrole nitrogens is 1. The van der Waals surface area contributed by atoms with E-state index in [1.165, 1.54) is 12.8 Å². The molecule has 1 aliphatic rings. The third-order valence-electron chi connectivity index (χ3n) is 3.99. The van der Waals surface area contributed by atoms with Crippen molar-refractivity contribution in [1.29, 1.82) is 0 Å². The summed E-state index contributed by atoms with van der Waals surface area (Å²) in [5.41, 5.74) is 1.64. The van der Waals surface area contributed by atoms with Crippen molar-refractivity contribution in [3.05, 3.63) is 36.0 Å². The Morgan fingerprint density at radius 3 is 3.00 bits per heavy atom. The van der Waals surface area contributed by atoms with Crippen LogP contribution in [0, 0.1) is 0 Å². The molecule has 0 radical (unpaired) electrons. The van der Waals surface area contributed by atoms with Gasteiger partial charge < -0.3 is 10.3 Å². The van der Waals surface area contributed by atoms with Gasteiger partial charge in [0.1, 0.15) is 0 Å². The number of para-hydroxylation sites is 1. The summed E-state index contributed by atoms with van der Waals surface area (Å²) >= 11 is 0. The molecule has 1 aromatic heterocycles. The highest BCUT2D eigenvalue weighted by molar-refractivity contribution is 6.05. The summed E-state index contributed by atoms with van der Waals surface area (Å²) in [4.78, 5) is 17.8. The molecule has 106 valence electrons. The predicted molar refractivity (Wildman–Crippen MR) is 80.9 cm³/mol. The maximum absolute atomic E-state index is 12.3. The van der Waals surface area contributed by atoms with E-state index in [0.717, 1.165) is 35.6 Å². The minimum Gasteiger partial charge on any atom is -0.361 e. The lowest BCUT2D eigenvalue weighted by Gasteiger charge is -2.19. The number of nitrogens with zero attached hydrogens (tertiary/aromatic N) is 1. The van der Waals surface area contributed by atoms with Gasteiger partial charge in [-0.05, 0) is 31.5 Å². The van der Waals surface area contributed by atoms with E-state index in [-0.39, 0.29) is 5.91 Å². The van der Waals surface area contributed by atoms with Gasteiger partial charge in [0, 0.05) is 30.7 Å². The SMILES string of the molecule is CCN(CCNC(=O)c1cccc2cc[nH]c12)C1CC1. The van der Waals surface area contributed by atoms with Gasteiger partial charge >= 0.3 is 0 Å². The zero-order chi connectivity index (χ0) is 13.9. The van der Waals surface area contributed by atoms with Crippen molar-refractivity contribution in [2.75, 3.05) is 19.6 Å². The number of carbonyl (C=O) groups is 1. The zero-order valence-corrected chi connectivity index (χ0v) is 11.9. The molecule has 2 N–H and O–H groups in total. The first kappa shape index (κ1) is 13.2. The molecule has 0 aliphatic heterocycles. The first-order valence-electron chi connectivity index (χ1n) is 7.38. The zero-order valence-electron chi connectivity index (χ0n) is 11.9. The standard InChI is InChI=1S/C16H21N3O/c1-2-19(13-6-7-13)11-10-18-16(20)14-5-3-4-12-8-9-17-15(12)14/h3-5,8-9,13,17H,2,6-7,10-11H2,1H3,(H,18,20). The molecular weight excluding hydrogens is 250 g/mol. The van der Waals surface area contributed by atoms with Gasteiger partial charge in [-0.3, -0.25) is 9.69 Å². The van der Waals surface area contributed by atoms with Gasteiger partial charge in [0.15, 0.2) is 0 Å². The van der Waals surface area contributed by atoms with Gasteiger partial charge in [0.05, 0.1) is 11.1 Å². The third kappa shape index (κ3) is 2.70. The largest absolute Gasteiger partial charge is 0.361 e. The van der Waals surface area contributed by atoms with Crippen LogP contribution in [0.25, 0.3) is 10.9 Å². The van der Waals surface area contributed by atoms with Crippen molar-refractivity contribution in [3.8, 4) is 0 Å². The molecule has 4 nitrogen and oxygen atoms in total. The predicted octanol–water partition coefficient (Wildman–Crippen LogP) is 2.38. The summed E-state index contributed by atoms with van der Waals surface area (Å²) in [5.74, 6) is 0.00454. The third-order valence-corrected chi connectivity index (χ3v) is 3.99. The maximum atomic E-state index is 12.3. The fourth-order valence-electron chi connectivity index (χ4n) is 2.72. The lowest BCUT2D eigenvalue weighted by atomic mass is 10.1. The summed E-state index contributed by atoms with van der Waals surface area (Å²) < 4.78 is 0. The fraction of sp³-hybridized carbons (Fsp3) is 0.438. The number of amides is 1. The molecule has 0 atom stereocenters. The summed E-state index contributed by atoms with van der Waals surface area (Å²) in [6.07, 6.45) is 4.49. The second-order valence-electron chi connectivity index (χ2n) is 5.36. The Labute approximate surface area is 119 Å². The Morgan fingerprint density at radius 1 is 1.40 bits per heavy atom. The molecular formula is C16H21N3O. The molecule has 1 aromatic carbocycles. The number of aromatic nitrogens is 1. The molecule has 4 heteroatoms. The quantitative estimate of drug-likeness (QED) is 0.847. The highest BCUT2D eigenvalue weighted by Gasteiger charge is 2.27. The van der Waals surface area contributed by atoms with E-state index in [4.69, 9.17) is 0 Å². The van der Waals surface area contributed by atoms with E-state index >= 15 is 0 Å². The molecule has 0 unspecified atom stereocenters. The molecule has 1 fully saturated rings. The van der Waals surface area contributed by atoms with Crippen LogP contribution in [0.5, 0.6) is 0 Å². The smallest absolute Gasteiger partial charge is 0.253 e. The van der Waals surface area contributed by atoms with E-state index in [1.807, 2.05) is 30.5 Å². The molecule has 1 aliphatic carbocycles. The second-order valence-corrected chi connectivity index (χ2v) is 5.36. The number of fused-ring (bicyclic) bond motifs is 1. The number of benzene rings is 1. The van der Waals surface area contributed by atoms with Gasteiger partial charge in [0.2, 0.25) is 0 Å². The molecule has 2 aromatic rings. The van der Waals surface area contributed by atoms with Crippen molar-refractivity contribution in [1.82, 2.24) is 15.2 Å². The normalized spacial score (nSPS) is 14.9. The lowest BCUT2D eigenvalue weighted by molar-refractivity contribution is 0.0949. The average Bonchev–Trinajstić information content (AvgIpc) is 3.19. The summed E-state index contributed by atoms with van der Waals surface area (Å²) in [7, 11) is 0. The fourth-order valence-corrected chi connectivity index (χ4v) is 2.72. The van der Waals surface area contributed by atoms with E-state index < -0.39 is 0 Å². The average molecular weight is 271 g/mol. The highest BCUT2D eigenvalue weighted by atomic mass is 16.1. The number of aromatic amines is 1. The Morgan fingerprint density at radius 2 is 2.25 bits per heavy atom. The van der Waals surface area contributed by atoms with Crippen LogP contribution in [0.1, 0.15) is 30.1 Å².